The Labute approximate surface area is 153 Å². The number of carbonyl (C=O) groups excluding carboxylic acids is 2. The number of likely N-dealkylation sites (N-methyl/N-ethyl adjacent to an activating group) is 1. The average Bonchev–Trinajstić information content (AvgIpc) is 2.66. The van der Waals surface area contributed by atoms with Gasteiger partial charge < -0.3 is 20.1 Å². The van der Waals surface area contributed by atoms with Crippen LogP contribution in [0.2, 0.25) is 0 Å². The van der Waals surface area contributed by atoms with E-state index in [1.807, 2.05) is 6.92 Å². The molecule has 2 N–H and O–H groups in total. The van der Waals surface area contributed by atoms with E-state index >= 15 is 0 Å². The van der Waals surface area contributed by atoms with Gasteiger partial charge in [-0.1, -0.05) is 19.3 Å². The lowest BCUT2D eigenvalue weighted by Crippen LogP contribution is -2.58. The highest BCUT2D eigenvalue weighted by Gasteiger charge is 2.45. The molecule has 0 bridgehead atoms. The first-order valence-corrected chi connectivity index (χ1v) is 8.92. The van der Waals surface area contributed by atoms with Crippen LogP contribution in [0.15, 0.2) is 24.3 Å². The molecule has 0 atom stereocenters. The summed E-state index contributed by atoms with van der Waals surface area (Å²) in [5, 5.41) is 12.2. The Morgan fingerprint density at radius 3 is 2.31 bits per heavy atom. The minimum atomic E-state index is -1.17. The molecule has 0 saturated heterocycles. The van der Waals surface area contributed by atoms with Gasteiger partial charge in [-0.2, -0.15) is 0 Å². The Kier molecular flexibility index (Phi) is 6.60. The third kappa shape index (κ3) is 4.33. The van der Waals surface area contributed by atoms with Crippen LogP contribution < -0.4 is 10.1 Å². The molecule has 0 spiro atoms. The van der Waals surface area contributed by atoms with E-state index in [1.165, 1.54) is 11.9 Å². The van der Waals surface area contributed by atoms with Crippen molar-refractivity contribution in [3.63, 3.8) is 0 Å². The molecule has 142 valence electrons. The molecule has 2 amide bonds. The highest BCUT2D eigenvalue weighted by Crippen LogP contribution is 2.33. The molecule has 1 aromatic carbocycles. The molecule has 0 radical (unpaired) electrons. The van der Waals surface area contributed by atoms with Crippen molar-refractivity contribution >= 4 is 17.8 Å². The second kappa shape index (κ2) is 8.69. The number of carbonyl (C=O) groups is 3. The van der Waals surface area contributed by atoms with Gasteiger partial charge in [-0.05, 0) is 44.0 Å². The third-order valence-corrected chi connectivity index (χ3v) is 4.92. The van der Waals surface area contributed by atoms with E-state index in [0.717, 1.165) is 19.3 Å². The van der Waals surface area contributed by atoms with Crippen LogP contribution >= 0.6 is 0 Å². The van der Waals surface area contributed by atoms with Crippen molar-refractivity contribution in [3.05, 3.63) is 29.8 Å². The highest BCUT2D eigenvalue weighted by atomic mass is 16.5. The summed E-state index contributed by atoms with van der Waals surface area (Å²) in [4.78, 5) is 37.7. The van der Waals surface area contributed by atoms with Gasteiger partial charge in [0.2, 0.25) is 5.91 Å². The van der Waals surface area contributed by atoms with Crippen LogP contribution in [-0.2, 0) is 9.59 Å². The summed E-state index contributed by atoms with van der Waals surface area (Å²) in [6.07, 6.45) is 3.42. The van der Waals surface area contributed by atoms with Crippen molar-refractivity contribution in [3.8, 4) is 5.75 Å². The van der Waals surface area contributed by atoms with Gasteiger partial charge >= 0.3 is 5.97 Å². The fourth-order valence-corrected chi connectivity index (χ4v) is 3.31. The minimum absolute atomic E-state index is 0.239. The van der Waals surface area contributed by atoms with Gasteiger partial charge in [0.05, 0.1) is 13.2 Å². The first kappa shape index (κ1) is 19.8. The van der Waals surface area contributed by atoms with Crippen molar-refractivity contribution in [1.29, 1.82) is 0 Å². The monoisotopic (exact) mass is 362 g/mol. The molecule has 1 aromatic rings. The molecular weight excluding hydrogens is 336 g/mol. The average molecular weight is 362 g/mol. The lowest BCUT2D eigenvalue weighted by Gasteiger charge is -2.41. The SMILES string of the molecule is CCOc1ccc(C(=O)NCC(=O)N(C)C2(C(=O)O)CCCCC2)cc1. The first-order valence-electron chi connectivity index (χ1n) is 8.92. The van der Waals surface area contributed by atoms with Crippen LogP contribution in [0.5, 0.6) is 5.75 Å². The molecule has 1 aliphatic rings. The fraction of sp³-hybridized carbons (Fsp3) is 0.526. The number of ether oxygens (including phenoxy) is 1. The zero-order valence-corrected chi connectivity index (χ0v) is 15.3. The number of benzene rings is 1. The predicted octanol–water partition coefficient (Wildman–Crippen LogP) is 2.06. The number of hydrogen-bond donors (Lipinski definition) is 2. The van der Waals surface area contributed by atoms with Gasteiger partial charge in [0, 0.05) is 12.6 Å². The van der Waals surface area contributed by atoms with Crippen LogP contribution in [0.25, 0.3) is 0 Å². The number of nitrogens with one attached hydrogen (secondary N) is 1. The standard InChI is InChI=1S/C19H26N2O5/c1-3-26-15-9-7-14(8-10-15)17(23)20-13-16(22)21(2)19(18(24)25)11-5-4-6-12-19/h7-10H,3-6,11-13H2,1-2H3,(H,20,23)(H,24,25). The number of amides is 2. The first-order chi connectivity index (χ1) is 12.4. The van der Waals surface area contributed by atoms with Crippen LogP contribution in [0.1, 0.15) is 49.4 Å². The molecule has 0 unspecified atom stereocenters. The molecule has 0 aliphatic heterocycles. The maximum atomic E-state index is 12.5. The second-order valence-corrected chi connectivity index (χ2v) is 6.49. The Balaban J connectivity index is 1.96. The highest BCUT2D eigenvalue weighted by molar-refractivity contribution is 5.97. The Hall–Kier alpha value is -2.57. The normalized spacial score (nSPS) is 15.8. The van der Waals surface area contributed by atoms with E-state index in [2.05, 4.69) is 5.32 Å². The smallest absolute Gasteiger partial charge is 0.329 e. The molecule has 1 saturated carbocycles. The number of hydrogen-bond acceptors (Lipinski definition) is 4. The maximum absolute atomic E-state index is 12.5. The van der Waals surface area contributed by atoms with E-state index in [9.17, 15) is 19.5 Å². The Morgan fingerprint density at radius 2 is 1.77 bits per heavy atom. The van der Waals surface area contributed by atoms with Crippen molar-refractivity contribution in [1.82, 2.24) is 10.2 Å². The van der Waals surface area contributed by atoms with E-state index in [4.69, 9.17) is 4.74 Å². The summed E-state index contributed by atoms with van der Waals surface area (Å²) >= 11 is 0. The molecule has 7 heteroatoms. The van der Waals surface area contributed by atoms with Crippen LogP contribution in [0.3, 0.4) is 0 Å². The molecule has 7 nitrogen and oxygen atoms in total. The largest absolute Gasteiger partial charge is 0.494 e. The molecule has 1 aliphatic carbocycles. The number of carboxylic acids is 1. The number of nitrogens with zero attached hydrogens (tertiary/aromatic N) is 1. The van der Waals surface area contributed by atoms with Gasteiger partial charge in [0.1, 0.15) is 11.3 Å². The Morgan fingerprint density at radius 1 is 1.15 bits per heavy atom. The fourth-order valence-electron chi connectivity index (χ4n) is 3.31. The topological polar surface area (TPSA) is 95.9 Å². The zero-order valence-electron chi connectivity index (χ0n) is 15.3. The van der Waals surface area contributed by atoms with Gasteiger partial charge in [0.15, 0.2) is 0 Å². The van der Waals surface area contributed by atoms with Gasteiger partial charge in [-0.3, -0.25) is 9.59 Å². The lowest BCUT2D eigenvalue weighted by atomic mass is 9.80. The van der Waals surface area contributed by atoms with Gasteiger partial charge in [-0.15, -0.1) is 0 Å². The van der Waals surface area contributed by atoms with Crippen molar-refractivity contribution in [2.45, 2.75) is 44.6 Å². The predicted molar refractivity (Wildman–Crippen MR) is 96.2 cm³/mol. The molecule has 1 fully saturated rings. The van der Waals surface area contributed by atoms with Crippen LogP contribution in [-0.4, -0.2) is 53.5 Å². The number of carboxylic acid groups (broad SMARTS) is 1. The van der Waals surface area contributed by atoms with E-state index < -0.39 is 17.4 Å². The number of rotatable bonds is 7. The van der Waals surface area contributed by atoms with Crippen LogP contribution in [0, 0.1) is 0 Å². The van der Waals surface area contributed by atoms with Gasteiger partial charge in [0.25, 0.3) is 5.91 Å². The lowest BCUT2D eigenvalue weighted by molar-refractivity contribution is -0.159. The van der Waals surface area contributed by atoms with E-state index in [-0.39, 0.29) is 12.5 Å². The van der Waals surface area contributed by atoms with Crippen molar-refractivity contribution in [2.75, 3.05) is 20.2 Å². The summed E-state index contributed by atoms with van der Waals surface area (Å²) < 4.78 is 5.32. The summed E-state index contributed by atoms with van der Waals surface area (Å²) in [5.74, 6) is -1.11. The number of aliphatic carboxylic acids is 1. The Bertz CT molecular complexity index is 650. The molecule has 0 heterocycles. The summed E-state index contributed by atoms with van der Waals surface area (Å²) in [5.41, 5.74) is -0.756. The third-order valence-electron chi connectivity index (χ3n) is 4.92. The van der Waals surface area contributed by atoms with Crippen molar-refractivity contribution in [2.24, 2.45) is 0 Å². The zero-order chi connectivity index (χ0) is 19.2. The summed E-state index contributed by atoms with van der Waals surface area (Å²) in [7, 11) is 1.50. The second-order valence-electron chi connectivity index (χ2n) is 6.49. The van der Waals surface area contributed by atoms with Crippen molar-refractivity contribution < 1.29 is 24.2 Å². The minimum Gasteiger partial charge on any atom is -0.494 e. The molecular formula is C19H26N2O5. The molecule has 2 rings (SSSR count). The molecule has 26 heavy (non-hydrogen) atoms. The summed E-state index contributed by atoms with van der Waals surface area (Å²) in [6, 6.07) is 6.62. The van der Waals surface area contributed by atoms with E-state index in [1.54, 1.807) is 24.3 Å². The maximum Gasteiger partial charge on any atom is 0.329 e. The van der Waals surface area contributed by atoms with Gasteiger partial charge in [-0.25, -0.2) is 4.79 Å². The quantitative estimate of drug-likeness (QED) is 0.774. The van der Waals surface area contributed by atoms with Crippen LogP contribution in [0.4, 0.5) is 0 Å². The molecule has 0 aromatic heterocycles. The summed E-state index contributed by atoms with van der Waals surface area (Å²) in [6.45, 7) is 2.17. The van der Waals surface area contributed by atoms with E-state index in [0.29, 0.717) is 30.8 Å².